The van der Waals surface area contributed by atoms with Gasteiger partial charge in [0.05, 0.1) is 5.75 Å². The van der Waals surface area contributed by atoms with E-state index in [4.69, 9.17) is 11.6 Å². The molecule has 1 aliphatic rings. The number of carboxylic acids is 1. The number of rotatable bonds is 10. The summed E-state index contributed by atoms with van der Waals surface area (Å²) in [5.41, 5.74) is 2.95. The first kappa shape index (κ1) is 24.7. The quantitative estimate of drug-likeness (QED) is 0.544. The fourth-order valence-corrected chi connectivity index (χ4v) is 5.94. The summed E-state index contributed by atoms with van der Waals surface area (Å²) in [5.74, 6) is -1.22. The van der Waals surface area contributed by atoms with Crippen molar-refractivity contribution in [1.29, 1.82) is 0 Å². The number of carboxylic acid groups (broad SMARTS) is 1. The van der Waals surface area contributed by atoms with Gasteiger partial charge in [-0.25, -0.2) is 8.42 Å². The Morgan fingerprint density at radius 3 is 2.56 bits per heavy atom. The van der Waals surface area contributed by atoms with Crippen molar-refractivity contribution >= 4 is 27.6 Å². The molecule has 1 unspecified atom stereocenters. The molecule has 0 aliphatic carbocycles. The summed E-state index contributed by atoms with van der Waals surface area (Å²) in [7, 11) is 0.512. The Morgan fingerprint density at radius 2 is 1.88 bits per heavy atom. The van der Waals surface area contributed by atoms with Crippen LogP contribution in [-0.4, -0.2) is 67.2 Å². The molecule has 1 saturated heterocycles. The first-order chi connectivity index (χ1) is 15.1. The summed E-state index contributed by atoms with van der Waals surface area (Å²) < 4.78 is 25.7. The molecule has 1 fully saturated rings. The largest absolute Gasteiger partial charge is 0.480 e. The molecule has 32 heavy (non-hydrogen) atoms. The van der Waals surface area contributed by atoms with Gasteiger partial charge >= 0.3 is 5.97 Å². The molecule has 7 nitrogen and oxygen atoms in total. The van der Waals surface area contributed by atoms with Crippen molar-refractivity contribution in [2.75, 3.05) is 26.4 Å². The number of hydrogen-bond donors (Lipinski definition) is 2. The van der Waals surface area contributed by atoms with Gasteiger partial charge in [0.25, 0.3) is 0 Å². The van der Waals surface area contributed by atoms with Gasteiger partial charge in [0.2, 0.25) is 10.0 Å². The van der Waals surface area contributed by atoms with E-state index in [1.165, 1.54) is 0 Å². The van der Waals surface area contributed by atoms with Gasteiger partial charge in [0.15, 0.2) is 0 Å². The fraction of sp³-hybridized carbons (Fsp3) is 0.435. The number of halogens is 1. The SMILES string of the molecule is CN(C)C[C@H](Cc1cccc(Cl)c1)NCc1cccc(CN2C(C(=O)O)CCS2(=O)=O)c1. The summed E-state index contributed by atoms with van der Waals surface area (Å²) in [6.07, 6.45) is 0.944. The van der Waals surface area contributed by atoms with Gasteiger partial charge in [0.1, 0.15) is 6.04 Å². The van der Waals surface area contributed by atoms with Crippen LogP contribution in [0.2, 0.25) is 5.02 Å². The van der Waals surface area contributed by atoms with Gasteiger partial charge in [-0.15, -0.1) is 0 Å². The minimum absolute atomic E-state index is 0.0663. The van der Waals surface area contributed by atoms with E-state index in [1.807, 2.05) is 56.6 Å². The molecule has 174 valence electrons. The molecule has 0 saturated carbocycles. The highest BCUT2D eigenvalue weighted by Crippen LogP contribution is 2.24. The minimum atomic E-state index is -3.55. The van der Waals surface area contributed by atoms with Crippen LogP contribution in [0, 0.1) is 0 Å². The van der Waals surface area contributed by atoms with E-state index in [-0.39, 0.29) is 24.8 Å². The van der Waals surface area contributed by atoms with Gasteiger partial charge in [-0.1, -0.05) is 48.0 Å². The monoisotopic (exact) mass is 479 g/mol. The standard InChI is InChI=1S/C23H30ClN3O4S/c1-26(2)16-21(13-17-5-4-8-20(24)12-17)25-14-18-6-3-7-19(11-18)15-27-22(23(28)29)9-10-32(27,30)31/h3-8,11-12,21-22,25H,9-10,13-16H2,1-2H3,(H,28,29)/t21-,22?/m0/s1. The third-order valence-corrected chi connectivity index (χ3v) is 7.61. The number of likely N-dealkylation sites (N-methyl/N-ethyl adjacent to an activating group) is 1. The zero-order valence-corrected chi connectivity index (χ0v) is 19.9. The Balaban J connectivity index is 1.68. The molecule has 1 aliphatic heterocycles. The lowest BCUT2D eigenvalue weighted by atomic mass is 10.0. The molecule has 9 heteroatoms. The van der Waals surface area contributed by atoms with Crippen LogP contribution in [-0.2, 0) is 34.3 Å². The molecule has 2 aromatic carbocycles. The highest BCUT2D eigenvalue weighted by atomic mass is 35.5. The van der Waals surface area contributed by atoms with Crippen molar-refractivity contribution in [2.45, 2.75) is 38.0 Å². The second-order valence-corrected chi connectivity index (χ2v) is 11.0. The molecule has 2 atom stereocenters. The lowest BCUT2D eigenvalue weighted by Gasteiger charge is -2.23. The third-order valence-electron chi connectivity index (χ3n) is 5.52. The van der Waals surface area contributed by atoms with E-state index in [2.05, 4.69) is 16.3 Å². The molecule has 0 radical (unpaired) electrons. The first-order valence-corrected chi connectivity index (χ1v) is 12.6. The number of aliphatic carboxylic acids is 1. The highest BCUT2D eigenvalue weighted by molar-refractivity contribution is 7.89. The van der Waals surface area contributed by atoms with Crippen LogP contribution in [0.15, 0.2) is 48.5 Å². The molecule has 0 aromatic heterocycles. The maximum absolute atomic E-state index is 12.3. The van der Waals surface area contributed by atoms with Gasteiger partial charge < -0.3 is 15.3 Å². The smallest absolute Gasteiger partial charge is 0.322 e. The molecular formula is C23H30ClN3O4S. The summed E-state index contributed by atoms with van der Waals surface area (Å²) in [4.78, 5) is 13.6. The van der Waals surface area contributed by atoms with Crippen molar-refractivity contribution in [1.82, 2.24) is 14.5 Å². The lowest BCUT2D eigenvalue weighted by molar-refractivity contribution is -0.141. The van der Waals surface area contributed by atoms with Crippen LogP contribution >= 0.6 is 11.6 Å². The number of nitrogens with zero attached hydrogens (tertiary/aromatic N) is 2. The molecule has 0 spiro atoms. The fourth-order valence-electron chi connectivity index (χ4n) is 4.04. The van der Waals surface area contributed by atoms with Crippen LogP contribution in [0.1, 0.15) is 23.1 Å². The molecule has 0 amide bonds. The van der Waals surface area contributed by atoms with Crippen LogP contribution < -0.4 is 5.32 Å². The molecule has 2 aromatic rings. The number of sulfonamides is 1. The zero-order chi connectivity index (χ0) is 23.3. The minimum Gasteiger partial charge on any atom is -0.480 e. The highest BCUT2D eigenvalue weighted by Gasteiger charge is 2.41. The second kappa shape index (κ2) is 10.8. The summed E-state index contributed by atoms with van der Waals surface area (Å²) in [6, 6.07) is 14.7. The van der Waals surface area contributed by atoms with Crippen molar-refractivity contribution in [3.8, 4) is 0 Å². The Kier molecular flexibility index (Phi) is 8.30. The average molecular weight is 480 g/mol. The third kappa shape index (κ3) is 6.76. The molecule has 2 N–H and O–H groups in total. The number of nitrogens with one attached hydrogen (secondary N) is 1. The number of benzene rings is 2. The van der Waals surface area contributed by atoms with E-state index >= 15 is 0 Å². The summed E-state index contributed by atoms with van der Waals surface area (Å²) in [6.45, 7) is 1.53. The maximum atomic E-state index is 12.3. The molecule has 1 heterocycles. The zero-order valence-electron chi connectivity index (χ0n) is 18.4. The normalized spacial score (nSPS) is 19.3. The Morgan fingerprint density at radius 1 is 1.19 bits per heavy atom. The van der Waals surface area contributed by atoms with Crippen molar-refractivity contribution in [3.63, 3.8) is 0 Å². The van der Waals surface area contributed by atoms with Crippen LogP contribution in [0.25, 0.3) is 0 Å². The van der Waals surface area contributed by atoms with Gasteiger partial charge in [0, 0.05) is 30.7 Å². The maximum Gasteiger partial charge on any atom is 0.322 e. The molecular weight excluding hydrogens is 450 g/mol. The molecule has 3 rings (SSSR count). The van der Waals surface area contributed by atoms with E-state index in [9.17, 15) is 18.3 Å². The van der Waals surface area contributed by atoms with Crippen LogP contribution in [0.3, 0.4) is 0 Å². The topological polar surface area (TPSA) is 89.9 Å². The first-order valence-electron chi connectivity index (χ1n) is 10.6. The number of carbonyl (C=O) groups is 1. The van der Waals surface area contributed by atoms with E-state index in [0.29, 0.717) is 6.54 Å². The average Bonchev–Trinajstić information content (AvgIpc) is 3.00. The van der Waals surface area contributed by atoms with Crippen molar-refractivity contribution in [3.05, 3.63) is 70.2 Å². The van der Waals surface area contributed by atoms with Gasteiger partial charge in [-0.3, -0.25) is 4.79 Å². The van der Waals surface area contributed by atoms with Crippen LogP contribution in [0.4, 0.5) is 0 Å². The summed E-state index contributed by atoms with van der Waals surface area (Å²) in [5, 5.41) is 13.7. The summed E-state index contributed by atoms with van der Waals surface area (Å²) >= 11 is 6.13. The number of hydrogen-bond acceptors (Lipinski definition) is 5. The predicted octanol–water partition coefficient (Wildman–Crippen LogP) is 2.59. The molecule has 0 bridgehead atoms. The Bertz CT molecular complexity index is 1050. The second-order valence-electron chi connectivity index (χ2n) is 8.50. The van der Waals surface area contributed by atoms with E-state index in [1.54, 1.807) is 0 Å². The Hall–Kier alpha value is -1.97. The Labute approximate surface area is 195 Å². The lowest BCUT2D eigenvalue weighted by Crippen LogP contribution is -2.39. The van der Waals surface area contributed by atoms with Crippen molar-refractivity contribution < 1.29 is 18.3 Å². The van der Waals surface area contributed by atoms with E-state index < -0.39 is 22.0 Å². The van der Waals surface area contributed by atoms with Gasteiger partial charge in [-0.2, -0.15) is 4.31 Å². The van der Waals surface area contributed by atoms with Crippen molar-refractivity contribution in [2.24, 2.45) is 0 Å². The van der Waals surface area contributed by atoms with E-state index in [0.717, 1.165) is 39.0 Å². The van der Waals surface area contributed by atoms with Crippen LogP contribution in [0.5, 0.6) is 0 Å². The van der Waals surface area contributed by atoms with Gasteiger partial charge in [-0.05, 0) is 55.8 Å². The predicted molar refractivity (Wildman–Crippen MR) is 126 cm³/mol.